The van der Waals surface area contributed by atoms with E-state index in [1.165, 1.54) is 12.1 Å². The van der Waals surface area contributed by atoms with E-state index >= 15 is 0 Å². The fraction of sp³-hybridized carbons (Fsp3) is 0.562. The third-order valence-electron chi connectivity index (χ3n) is 3.89. The molecule has 1 saturated heterocycles. The van der Waals surface area contributed by atoms with Crippen LogP contribution in [0.4, 0.5) is 5.69 Å². The van der Waals surface area contributed by atoms with Crippen molar-refractivity contribution in [1.82, 2.24) is 9.62 Å². The number of hydrogen-bond acceptors (Lipinski definition) is 5. The number of benzene rings is 1. The standard InChI is InChI=1S/C16H25N3O4S/c1-3-13(2)18-24(21,22)15-6-4-14(5-7-15)17-16(20)12-19-8-10-23-11-9-19/h4-7,13,18H,3,8-12H2,1-2H3,(H,17,20)/t13-/m1/s1. The molecule has 1 aliphatic rings. The van der Waals surface area contributed by atoms with Crippen LogP contribution in [0.1, 0.15) is 20.3 Å². The Bertz CT molecular complexity index is 640. The molecule has 0 aromatic heterocycles. The van der Waals surface area contributed by atoms with Crippen LogP contribution in [0.2, 0.25) is 0 Å². The number of rotatable bonds is 7. The first kappa shape index (κ1) is 18.9. The summed E-state index contributed by atoms with van der Waals surface area (Å²) in [5.74, 6) is -0.120. The first-order valence-electron chi connectivity index (χ1n) is 8.13. The van der Waals surface area contributed by atoms with Crippen LogP contribution in [0, 0.1) is 0 Å². The lowest BCUT2D eigenvalue weighted by molar-refractivity contribution is -0.118. The lowest BCUT2D eigenvalue weighted by Crippen LogP contribution is -2.41. The van der Waals surface area contributed by atoms with Crippen LogP contribution in [0.15, 0.2) is 29.2 Å². The molecule has 1 fully saturated rings. The van der Waals surface area contributed by atoms with Gasteiger partial charge in [-0.1, -0.05) is 6.92 Å². The summed E-state index contributed by atoms with van der Waals surface area (Å²) in [6.45, 7) is 6.81. The lowest BCUT2D eigenvalue weighted by Gasteiger charge is -2.25. The maximum absolute atomic E-state index is 12.2. The zero-order valence-electron chi connectivity index (χ0n) is 14.1. The molecule has 134 valence electrons. The quantitative estimate of drug-likeness (QED) is 0.763. The zero-order chi connectivity index (χ0) is 17.6. The van der Waals surface area contributed by atoms with E-state index in [0.29, 0.717) is 25.4 Å². The van der Waals surface area contributed by atoms with Crippen LogP contribution >= 0.6 is 0 Å². The minimum atomic E-state index is -3.52. The third kappa shape index (κ3) is 5.55. The van der Waals surface area contributed by atoms with E-state index in [2.05, 4.69) is 10.0 Å². The highest BCUT2D eigenvalue weighted by Crippen LogP contribution is 2.15. The smallest absolute Gasteiger partial charge is 0.240 e. The van der Waals surface area contributed by atoms with Crippen molar-refractivity contribution in [2.24, 2.45) is 0 Å². The molecule has 0 saturated carbocycles. The van der Waals surface area contributed by atoms with Gasteiger partial charge in [0.1, 0.15) is 0 Å². The van der Waals surface area contributed by atoms with Gasteiger partial charge in [-0.3, -0.25) is 9.69 Å². The summed E-state index contributed by atoms with van der Waals surface area (Å²) in [4.78, 5) is 14.2. The molecule has 8 heteroatoms. The predicted molar refractivity (Wildman–Crippen MR) is 92.4 cm³/mol. The van der Waals surface area contributed by atoms with Crippen LogP contribution < -0.4 is 10.0 Å². The topological polar surface area (TPSA) is 87.7 Å². The monoisotopic (exact) mass is 355 g/mol. The summed E-state index contributed by atoms with van der Waals surface area (Å²) in [5.41, 5.74) is 0.579. The van der Waals surface area contributed by atoms with E-state index in [4.69, 9.17) is 4.74 Å². The third-order valence-corrected chi connectivity index (χ3v) is 5.49. The fourth-order valence-electron chi connectivity index (χ4n) is 2.30. The normalized spacial score (nSPS) is 17.4. The van der Waals surface area contributed by atoms with Crippen molar-refractivity contribution in [3.05, 3.63) is 24.3 Å². The summed E-state index contributed by atoms with van der Waals surface area (Å²) >= 11 is 0. The number of sulfonamides is 1. The van der Waals surface area contributed by atoms with Crippen molar-refractivity contribution in [2.75, 3.05) is 38.2 Å². The highest BCUT2D eigenvalue weighted by molar-refractivity contribution is 7.89. The molecule has 2 N–H and O–H groups in total. The number of anilines is 1. The first-order valence-corrected chi connectivity index (χ1v) is 9.61. The second kappa shape index (κ2) is 8.57. The van der Waals surface area contributed by atoms with E-state index < -0.39 is 10.0 Å². The molecule has 24 heavy (non-hydrogen) atoms. The van der Waals surface area contributed by atoms with E-state index in [0.717, 1.165) is 19.5 Å². The average Bonchev–Trinajstić information content (AvgIpc) is 2.55. The van der Waals surface area contributed by atoms with Gasteiger partial charge >= 0.3 is 0 Å². The second-order valence-corrected chi connectivity index (χ2v) is 7.61. The molecule has 0 unspecified atom stereocenters. The van der Waals surface area contributed by atoms with Gasteiger partial charge in [-0.25, -0.2) is 13.1 Å². The summed E-state index contributed by atoms with van der Waals surface area (Å²) in [6, 6.07) is 6.07. The number of ether oxygens (including phenoxy) is 1. The van der Waals surface area contributed by atoms with Crippen LogP contribution in [0.5, 0.6) is 0 Å². The first-order chi connectivity index (χ1) is 11.4. The molecule has 2 rings (SSSR count). The Morgan fingerprint density at radius 1 is 1.25 bits per heavy atom. The molecule has 1 aliphatic heterocycles. The van der Waals surface area contributed by atoms with E-state index in [-0.39, 0.29) is 16.8 Å². The Morgan fingerprint density at radius 3 is 2.46 bits per heavy atom. The van der Waals surface area contributed by atoms with Gasteiger partial charge in [0.25, 0.3) is 0 Å². The molecular formula is C16H25N3O4S. The van der Waals surface area contributed by atoms with Crippen molar-refractivity contribution in [2.45, 2.75) is 31.2 Å². The van der Waals surface area contributed by atoms with Crippen molar-refractivity contribution in [1.29, 1.82) is 0 Å². The van der Waals surface area contributed by atoms with Crippen molar-refractivity contribution in [3.8, 4) is 0 Å². The number of hydrogen-bond donors (Lipinski definition) is 2. The highest BCUT2D eigenvalue weighted by atomic mass is 32.2. The van der Waals surface area contributed by atoms with E-state index in [9.17, 15) is 13.2 Å². The number of amides is 1. The molecule has 0 radical (unpaired) electrons. The van der Waals surface area contributed by atoms with E-state index in [1.54, 1.807) is 12.1 Å². The predicted octanol–water partition coefficient (Wildman–Crippen LogP) is 1.03. The number of carbonyl (C=O) groups excluding carboxylic acids is 1. The molecule has 1 aromatic rings. The maximum atomic E-state index is 12.2. The Morgan fingerprint density at radius 2 is 1.88 bits per heavy atom. The summed E-state index contributed by atoms with van der Waals surface area (Å²) < 4.78 is 32.2. The Hall–Kier alpha value is -1.48. The molecule has 1 atom stereocenters. The highest BCUT2D eigenvalue weighted by Gasteiger charge is 2.17. The molecule has 0 aliphatic carbocycles. The Labute approximate surface area is 143 Å². The lowest BCUT2D eigenvalue weighted by atomic mass is 10.3. The average molecular weight is 355 g/mol. The molecule has 1 heterocycles. The zero-order valence-corrected chi connectivity index (χ0v) is 14.9. The molecule has 0 spiro atoms. The van der Waals surface area contributed by atoms with Crippen molar-refractivity contribution in [3.63, 3.8) is 0 Å². The van der Waals surface area contributed by atoms with E-state index in [1.807, 2.05) is 18.7 Å². The maximum Gasteiger partial charge on any atom is 0.240 e. The van der Waals surface area contributed by atoms with Crippen LogP contribution in [-0.2, 0) is 19.6 Å². The van der Waals surface area contributed by atoms with Crippen LogP contribution in [-0.4, -0.2) is 58.1 Å². The van der Waals surface area contributed by atoms with Gasteiger partial charge in [0, 0.05) is 24.8 Å². The minimum absolute atomic E-state index is 0.120. The van der Waals surface area contributed by atoms with Gasteiger partial charge in [0.15, 0.2) is 0 Å². The van der Waals surface area contributed by atoms with Crippen LogP contribution in [0.3, 0.4) is 0 Å². The Kier molecular flexibility index (Phi) is 6.73. The second-order valence-electron chi connectivity index (χ2n) is 5.89. The molecule has 1 amide bonds. The molecule has 1 aromatic carbocycles. The Balaban J connectivity index is 1.92. The molecule has 7 nitrogen and oxygen atoms in total. The van der Waals surface area contributed by atoms with Crippen LogP contribution in [0.25, 0.3) is 0 Å². The van der Waals surface area contributed by atoms with Gasteiger partial charge in [0.2, 0.25) is 15.9 Å². The number of carbonyl (C=O) groups is 1. The van der Waals surface area contributed by atoms with Crippen molar-refractivity contribution >= 4 is 21.6 Å². The number of morpholine rings is 1. The van der Waals surface area contributed by atoms with Gasteiger partial charge in [-0.2, -0.15) is 0 Å². The summed E-state index contributed by atoms with van der Waals surface area (Å²) in [7, 11) is -3.52. The summed E-state index contributed by atoms with van der Waals surface area (Å²) in [6.07, 6.45) is 0.717. The van der Waals surface area contributed by atoms with Gasteiger partial charge in [-0.05, 0) is 37.6 Å². The van der Waals surface area contributed by atoms with Gasteiger partial charge in [-0.15, -0.1) is 0 Å². The fourth-order valence-corrected chi connectivity index (χ4v) is 3.62. The van der Waals surface area contributed by atoms with Crippen molar-refractivity contribution < 1.29 is 17.9 Å². The molecule has 0 bridgehead atoms. The number of nitrogens with one attached hydrogen (secondary N) is 2. The number of nitrogens with zero attached hydrogens (tertiary/aromatic N) is 1. The minimum Gasteiger partial charge on any atom is -0.379 e. The van der Waals surface area contributed by atoms with Gasteiger partial charge < -0.3 is 10.1 Å². The summed E-state index contributed by atoms with van der Waals surface area (Å²) in [5, 5.41) is 2.78. The largest absolute Gasteiger partial charge is 0.379 e. The SMILES string of the molecule is CC[C@@H](C)NS(=O)(=O)c1ccc(NC(=O)CN2CCOCC2)cc1. The van der Waals surface area contributed by atoms with Gasteiger partial charge in [0.05, 0.1) is 24.7 Å². The molecular weight excluding hydrogens is 330 g/mol.